The van der Waals surface area contributed by atoms with Crippen molar-refractivity contribution >= 4 is 35.2 Å². The summed E-state index contributed by atoms with van der Waals surface area (Å²) in [4.78, 5) is 30.7. The zero-order valence-corrected chi connectivity index (χ0v) is 17.6. The van der Waals surface area contributed by atoms with E-state index in [1.165, 1.54) is 60.6 Å². The Balaban J connectivity index is 1.60. The molecule has 0 atom stereocenters. The number of hydrogen-bond acceptors (Lipinski definition) is 9. The normalized spacial score (nSPS) is 10.8. The van der Waals surface area contributed by atoms with Crippen LogP contribution in [0.15, 0.2) is 81.3 Å². The first kappa shape index (κ1) is 21.6. The van der Waals surface area contributed by atoms with Gasteiger partial charge < -0.3 is 10.1 Å². The van der Waals surface area contributed by atoms with E-state index < -0.39 is 12.5 Å². The van der Waals surface area contributed by atoms with E-state index in [0.717, 1.165) is 0 Å². The highest BCUT2D eigenvalue weighted by Gasteiger charge is 2.18. The Bertz CT molecular complexity index is 1180. The monoisotopic (exact) mass is 473 g/mol. The summed E-state index contributed by atoms with van der Waals surface area (Å²) in [6.45, 7) is -2.90. The van der Waals surface area contributed by atoms with E-state index in [9.17, 15) is 13.6 Å². The molecule has 0 radical (unpaired) electrons. The lowest BCUT2D eigenvalue weighted by Gasteiger charge is -2.11. The molecule has 0 fully saturated rings. The van der Waals surface area contributed by atoms with Crippen LogP contribution in [0.1, 0.15) is 10.5 Å². The number of nitrogens with one attached hydrogen (secondary N) is 2. The molecule has 32 heavy (non-hydrogen) atoms. The van der Waals surface area contributed by atoms with Gasteiger partial charge in [-0.15, -0.1) is 0 Å². The number of H-pyrrole nitrogens is 1. The SMILES string of the molecule is O=C(Nc1cnccn1)c1nc(Sc2ncn[nH]2)ccc1Sc1ccc(OC(F)F)cc1. The summed E-state index contributed by atoms with van der Waals surface area (Å²) in [7, 11) is 0. The van der Waals surface area contributed by atoms with Crippen LogP contribution in [0.2, 0.25) is 0 Å². The number of hydrogen-bond donors (Lipinski definition) is 2. The molecule has 9 nitrogen and oxygen atoms in total. The van der Waals surface area contributed by atoms with Crippen LogP contribution in [0.25, 0.3) is 0 Å². The smallest absolute Gasteiger partial charge is 0.387 e. The van der Waals surface area contributed by atoms with Crippen molar-refractivity contribution in [3.8, 4) is 5.75 Å². The maximum Gasteiger partial charge on any atom is 0.387 e. The Hall–Kier alpha value is -3.58. The molecule has 1 amide bonds. The number of ether oxygens (including phenoxy) is 1. The van der Waals surface area contributed by atoms with Crippen molar-refractivity contribution in [1.29, 1.82) is 0 Å². The Kier molecular flexibility index (Phi) is 6.87. The third kappa shape index (κ3) is 5.76. The minimum Gasteiger partial charge on any atom is -0.435 e. The predicted octanol–water partition coefficient (Wildman–Crippen LogP) is 4.15. The minimum absolute atomic E-state index is 0.0434. The predicted molar refractivity (Wildman–Crippen MR) is 112 cm³/mol. The van der Waals surface area contributed by atoms with Crippen molar-refractivity contribution in [2.45, 2.75) is 26.6 Å². The number of halogens is 2. The van der Waals surface area contributed by atoms with Gasteiger partial charge in [0.05, 0.1) is 6.20 Å². The third-order valence-electron chi connectivity index (χ3n) is 3.72. The third-order valence-corrected chi connectivity index (χ3v) is 5.61. The number of carbonyl (C=O) groups is 1. The fourth-order valence-electron chi connectivity index (χ4n) is 2.43. The van der Waals surface area contributed by atoms with Crippen molar-refractivity contribution in [3.63, 3.8) is 0 Å². The molecule has 0 aliphatic carbocycles. The standard InChI is InChI=1S/C19H13F2N7O2S2/c20-18(21)30-11-1-3-12(4-2-11)31-13-5-6-15(32-19-24-10-25-28-19)27-16(13)17(29)26-14-9-22-7-8-23-14/h1-10,18H,(H,23,26,29)(H,24,25,28). The van der Waals surface area contributed by atoms with E-state index >= 15 is 0 Å². The molecule has 0 saturated heterocycles. The van der Waals surface area contributed by atoms with Gasteiger partial charge in [-0.1, -0.05) is 11.8 Å². The molecule has 0 aliphatic heterocycles. The molecule has 2 N–H and O–H groups in total. The van der Waals surface area contributed by atoms with Crippen molar-refractivity contribution in [1.82, 2.24) is 30.1 Å². The highest BCUT2D eigenvalue weighted by Crippen LogP contribution is 2.33. The number of nitrogens with zero attached hydrogens (tertiary/aromatic N) is 5. The summed E-state index contributed by atoms with van der Waals surface area (Å²) in [5.41, 5.74) is 0.151. The number of alkyl halides is 2. The van der Waals surface area contributed by atoms with Crippen LogP contribution in [-0.4, -0.2) is 42.7 Å². The largest absolute Gasteiger partial charge is 0.435 e. The van der Waals surface area contributed by atoms with Gasteiger partial charge in [-0.05, 0) is 48.2 Å². The summed E-state index contributed by atoms with van der Waals surface area (Å²) in [6.07, 6.45) is 5.73. The summed E-state index contributed by atoms with van der Waals surface area (Å²) >= 11 is 2.46. The van der Waals surface area contributed by atoms with Crippen LogP contribution in [-0.2, 0) is 0 Å². The van der Waals surface area contributed by atoms with Crippen LogP contribution < -0.4 is 10.1 Å². The van der Waals surface area contributed by atoms with Crippen LogP contribution in [0.4, 0.5) is 14.6 Å². The second kappa shape index (κ2) is 10.2. The number of anilines is 1. The van der Waals surface area contributed by atoms with E-state index in [2.05, 4.69) is 40.2 Å². The molecule has 4 rings (SSSR count). The molecule has 3 heterocycles. The Morgan fingerprint density at radius 1 is 1.06 bits per heavy atom. The first-order valence-electron chi connectivity index (χ1n) is 8.91. The number of aromatic amines is 1. The average molecular weight is 473 g/mol. The van der Waals surface area contributed by atoms with E-state index in [-0.39, 0.29) is 17.3 Å². The van der Waals surface area contributed by atoms with Gasteiger partial charge in [-0.25, -0.2) is 15.0 Å². The second-order valence-corrected chi connectivity index (χ2v) is 8.01. The zero-order chi connectivity index (χ0) is 22.3. The van der Waals surface area contributed by atoms with Gasteiger partial charge in [0, 0.05) is 22.2 Å². The number of aromatic nitrogens is 6. The lowest BCUT2D eigenvalue weighted by molar-refractivity contribution is -0.0498. The van der Waals surface area contributed by atoms with Crippen molar-refractivity contribution in [2.75, 3.05) is 5.32 Å². The van der Waals surface area contributed by atoms with Gasteiger partial charge in [0.15, 0.2) is 11.0 Å². The number of amides is 1. The first-order chi connectivity index (χ1) is 15.6. The molecule has 13 heteroatoms. The van der Waals surface area contributed by atoms with E-state index in [4.69, 9.17) is 0 Å². The highest BCUT2D eigenvalue weighted by atomic mass is 32.2. The fraction of sp³-hybridized carbons (Fsp3) is 0.0526. The summed E-state index contributed by atoms with van der Waals surface area (Å²) in [5, 5.41) is 10.2. The molecule has 0 spiro atoms. The quantitative estimate of drug-likeness (QED) is 0.389. The lowest BCUT2D eigenvalue weighted by Crippen LogP contribution is -2.16. The Morgan fingerprint density at radius 2 is 1.91 bits per heavy atom. The second-order valence-electron chi connectivity index (χ2n) is 5.89. The summed E-state index contributed by atoms with van der Waals surface area (Å²) in [6, 6.07) is 9.56. The average Bonchev–Trinajstić information content (AvgIpc) is 3.29. The Morgan fingerprint density at radius 3 is 2.59 bits per heavy atom. The number of benzene rings is 1. The maximum absolute atomic E-state index is 13.0. The molecule has 162 valence electrons. The highest BCUT2D eigenvalue weighted by molar-refractivity contribution is 7.99. The van der Waals surface area contributed by atoms with Gasteiger partial charge in [-0.3, -0.25) is 14.9 Å². The molecular formula is C19H13F2N7O2S2. The maximum atomic E-state index is 13.0. The summed E-state index contributed by atoms with van der Waals surface area (Å²) in [5.74, 6) is -0.162. The molecule has 0 unspecified atom stereocenters. The van der Waals surface area contributed by atoms with Crippen molar-refractivity contribution in [3.05, 3.63) is 67.0 Å². The number of carbonyl (C=O) groups excluding carboxylic acids is 1. The van der Waals surface area contributed by atoms with Crippen LogP contribution in [0.5, 0.6) is 5.75 Å². The van der Waals surface area contributed by atoms with Gasteiger partial charge >= 0.3 is 6.61 Å². The molecule has 0 bridgehead atoms. The van der Waals surface area contributed by atoms with Crippen molar-refractivity contribution < 1.29 is 18.3 Å². The zero-order valence-electron chi connectivity index (χ0n) is 16.0. The lowest BCUT2D eigenvalue weighted by atomic mass is 10.3. The van der Waals surface area contributed by atoms with E-state index in [1.807, 2.05) is 0 Å². The van der Waals surface area contributed by atoms with E-state index in [1.54, 1.807) is 24.3 Å². The Labute approximate surface area is 188 Å². The molecule has 0 saturated carbocycles. The molecule has 0 aliphatic rings. The van der Waals surface area contributed by atoms with Crippen molar-refractivity contribution in [2.24, 2.45) is 0 Å². The van der Waals surface area contributed by atoms with Gasteiger partial charge in [-0.2, -0.15) is 13.9 Å². The molecule has 4 aromatic rings. The molecule has 3 aromatic heterocycles. The number of pyridine rings is 1. The summed E-state index contributed by atoms with van der Waals surface area (Å²) < 4.78 is 29.1. The number of rotatable bonds is 8. The first-order valence-corrected chi connectivity index (χ1v) is 10.5. The van der Waals surface area contributed by atoms with Crippen LogP contribution in [0.3, 0.4) is 0 Å². The van der Waals surface area contributed by atoms with Crippen LogP contribution in [0, 0.1) is 0 Å². The van der Waals surface area contributed by atoms with Gasteiger partial charge in [0.25, 0.3) is 5.91 Å². The minimum atomic E-state index is -2.90. The van der Waals surface area contributed by atoms with E-state index in [0.29, 0.717) is 20.0 Å². The molecule has 1 aromatic carbocycles. The topological polar surface area (TPSA) is 119 Å². The fourth-order valence-corrected chi connectivity index (χ4v) is 3.99. The van der Waals surface area contributed by atoms with Gasteiger partial charge in [0.2, 0.25) is 0 Å². The van der Waals surface area contributed by atoms with Gasteiger partial charge in [0.1, 0.15) is 22.8 Å². The van der Waals surface area contributed by atoms with Crippen LogP contribution >= 0.6 is 23.5 Å². The molecular weight excluding hydrogens is 460 g/mol.